The molecular formula is C11H21ClN2O2. The number of carbonyl (C=O) groups is 1. The molecule has 2 aliphatic heterocycles. The van der Waals surface area contributed by atoms with Crippen LogP contribution in [0.5, 0.6) is 0 Å². The van der Waals surface area contributed by atoms with E-state index in [1.54, 1.807) is 0 Å². The Bertz CT molecular complexity index is 232. The van der Waals surface area contributed by atoms with Crippen molar-refractivity contribution in [2.24, 2.45) is 5.92 Å². The first-order valence-electron chi connectivity index (χ1n) is 5.88. The maximum Gasteiger partial charge on any atom is 0.227 e. The van der Waals surface area contributed by atoms with Crippen molar-refractivity contribution < 1.29 is 9.53 Å². The first-order chi connectivity index (χ1) is 7.27. The van der Waals surface area contributed by atoms with Crippen molar-refractivity contribution in [1.29, 1.82) is 0 Å². The summed E-state index contributed by atoms with van der Waals surface area (Å²) in [6.07, 6.45) is 2.15. The number of halogens is 1. The van der Waals surface area contributed by atoms with Crippen LogP contribution in [0.15, 0.2) is 0 Å². The normalized spacial score (nSPS) is 30.7. The van der Waals surface area contributed by atoms with E-state index in [0.29, 0.717) is 5.91 Å². The summed E-state index contributed by atoms with van der Waals surface area (Å²) in [5.74, 6) is 0.521. The summed E-state index contributed by atoms with van der Waals surface area (Å²) >= 11 is 0. The molecule has 16 heavy (non-hydrogen) atoms. The molecule has 0 aromatic carbocycles. The van der Waals surface area contributed by atoms with Gasteiger partial charge in [-0.25, -0.2) is 0 Å². The van der Waals surface area contributed by atoms with Gasteiger partial charge >= 0.3 is 0 Å². The lowest BCUT2D eigenvalue weighted by Crippen LogP contribution is -2.40. The molecule has 94 valence electrons. The molecule has 1 amide bonds. The second-order valence-corrected chi connectivity index (χ2v) is 4.51. The molecule has 5 heteroatoms. The van der Waals surface area contributed by atoms with Crippen LogP contribution in [0.2, 0.25) is 0 Å². The Morgan fingerprint density at radius 3 is 3.00 bits per heavy atom. The van der Waals surface area contributed by atoms with Crippen molar-refractivity contribution in [3.05, 3.63) is 0 Å². The van der Waals surface area contributed by atoms with Crippen molar-refractivity contribution >= 4 is 18.3 Å². The molecule has 2 heterocycles. The van der Waals surface area contributed by atoms with Crippen molar-refractivity contribution in [3.8, 4) is 0 Å². The number of amides is 1. The molecule has 0 aliphatic carbocycles. The fourth-order valence-corrected chi connectivity index (χ4v) is 2.32. The summed E-state index contributed by atoms with van der Waals surface area (Å²) in [5.41, 5.74) is 0. The van der Waals surface area contributed by atoms with Crippen LogP contribution >= 0.6 is 12.4 Å². The fourth-order valence-electron chi connectivity index (χ4n) is 2.32. The zero-order valence-electron chi connectivity index (χ0n) is 9.78. The summed E-state index contributed by atoms with van der Waals surface area (Å²) in [4.78, 5) is 14.1. The highest BCUT2D eigenvalue weighted by Crippen LogP contribution is 2.14. The average molecular weight is 249 g/mol. The van der Waals surface area contributed by atoms with Crippen LogP contribution in [-0.2, 0) is 9.53 Å². The molecule has 1 N–H and O–H groups in total. The molecule has 0 saturated carbocycles. The van der Waals surface area contributed by atoms with Gasteiger partial charge in [0.05, 0.1) is 12.0 Å². The number of nitrogens with one attached hydrogen (secondary N) is 1. The number of rotatable bonds is 1. The van der Waals surface area contributed by atoms with Gasteiger partial charge in [0.25, 0.3) is 0 Å². The third kappa shape index (κ3) is 3.34. The number of carbonyl (C=O) groups excluding carboxylic acids is 1. The maximum absolute atomic E-state index is 12.1. The molecule has 0 radical (unpaired) electrons. The molecule has 2 rings (SSSR count). The first kappa shape index (κ1) is 13.7. The average Bonchev–Trinajstić information content (AvgIpc) is 2.67. The van der Waals surface area contributed by atoms with Crippen LogP contribution in [0.4, 0.5) is 0 Å². The predicted molar refractivity (Wildman–Crippen MR) is 64.8 cm³/mol. The minimum atomic E-state index is 0. The Kier molecular flexibility index (Phi) is 5.52. The first-order valence-corrected chi connectivity index (χ1v) is 5.88. The van der Waals surface area contributed by atoms with Crippen LogP contribution in [0.25, 0.3) is 0 Å². The SMILES string of the molecule is CC1CN(C(=O)[C@@H]2CCNC2)CCCO1.Cl. The van der Waals surface area contributed by atoms with Gasteiger partial charge < -0.3 is 15.0 Å². The van der Waals surface area contributed by atoms with Crippen LogP contribution in [-0.4, -0.2) is 49.7 Å². The van der Waals surface area contributed by atoms with E-state index >= 15 is 0 Å². The van der Waals surface area contributed by atoms with Gasteiger partial charge in [-0.1, -0.05) is 0 Å². The van der Waals surface area contributed by atoms with E-state index in [-0.39, 0.29) is 24.4 Å². The second-order valence-electron chi connectivity index (χ2n) is 4.51. The van der Waals surface area contributed by atoms with E-state index < -0.39 is 0 Å². The topological polar surface area (TPSA) is 41.6 Å². The molecule has 1 unspecified atom stereocenters. The van der Waals surface area contributed by atoms with E-state index in [4.69, 9.17) is 4.74 Å². The largest absolute Gasteiger partial charge is 0.377 e. The molecule has 0 aromatic heterocycles. The highest BCUT2D eigenvalue weighted by atomic mass is 35.5. The second kappa shape index (κ2) is 6.42. The van der Waals surface area contributed by atoms with Gasteiger partial charge in [-0.05, 0) is 26.3 Å². The molecule has 4 nitrogen and oxygen atoms in total. The number of hydrogen-bond donors (Lipinski definition) is 1. The Morgan fingerprint density at radius 1 is 1.50 bits per heavy atom. The van der Waals surface area contributed by atoms with Gasteiger partial charge in [-0.3, -0.25) is 4.79 Å². The minimum absolute atomic E-state index is 0. The molecule has 0 aromatic rings. The van der Waals surface area contributed by atoms with Crippen molar-refractivity contribution in [2.75, 3.05) is 32.8 Å². The van der Waals surface area contributed by atoms with Crippen LogP contribution < -0.4 is 5.32 Å². The number of nitrogens with zero attached hydrogens (tertiary/aromatic N) is 1. The van der Waals surface area contributed by atoms with E-state index in [0.717, 1.165) is 45.6 Å². The van der Waals surface area contributed by atoms with Crippen molar-refractivity contribution in [2.45, 2.75) is 25.9 Å². The van der Waals surface area contributed by atoms with E-state index in [1.165, 1.54) is 0 Å². The Labute approximate surface area is 103 Å². The summed E-state index contributed by atoms with van der Waals surface area (Å²) < 4.78 is 5.54. The number of hydrogen-bond acceptors (Lipinski definition) is 3. The molecule has 2 fully saturated rings. The Morgan fingerprint density at radius 2 is 2.31 bits per heavy atom. The summed E-state index contributed by atoms with van der Waals surface area (Å²) in [6, 6.07) is 0. The fraction of sp³-hybridized carbons (Fsp3) is 0.909. The van der Waals surface area contributed by atoms with Crippen molar-refractivity contribution in [1.82, 2.24) is 10.2 Å². The summed E-state index contributed by atoms with van der Waals surface area (Å²) in [5, 5.41) is 3.24. The Hall–Kier alpha value is -0.320. The van der Waals surface area contributed by atoms with Gasteiger partial charge in [0, 0.05) is 26.2 Å². The number of ether oxygens (including phenoxy) is 1. The standard InChI is InChI=1S/C11H20N2O2.ClH/c1-9-8-13(5-2-6-15-9)11(14)10-3-4-12-7-10;/h9-10,12H,2-8H2,1H3;1H/t9?,10-;/m1./s1. The third-order valence-corrected chi connectivity index (χ3v) is 3.17. The lowest BCUT2D eigenvalue weighted by atomic mass is 10.1. The van der Waals surface area contributed by atoms with E-state index in [2.05, 4.69) is 5.32 Å². The lowest BCUT2D eigenvalue weighted by Gasteiger charge is -2.24. The molecule has 0 bridgehead atoms. The lowest BCUT2D eigenvalue weighted by molar-refractivity contribution is -0.135. The van der Waals surface area contributed by atoms with E-state index in [9.17, 15) is 4.79 Å². The predicted octanol–water partition coefficient (Wildman–Crippen LogP) is 0.655. The smallest absolute Gasteiger partial charge is 0.227 e. The molecule has 2 saturated heterocycles. The monoisotopic (exact) mass is 248 g/mol. The van der Waals surface area contributed by atoms with Crippen molar-refractivity contribution in [3.63, 3.8) is 0 Å². The third-order valence-electron chi connectivity index (χ3n) is 3.17. The Balaban J connectivity index is 0.00000128. The van der Waals surface area contributed by atoms with Gasteiger partial charge in [-0.2, -0.15) is 0 Å². The van der Waals surface area contributed by atoms with Gasteiger partial charge in [0.15, 0.2) is 0 Å². The maximum atomic E-state index is 12.1. The van der Waals surface area contributed by atoms with Gasteiger partial charge in [0.1, 0.15) is 0 Å². The zero-order chi connectivity index (χ0) is 10.7. The quantitative estimate of drug-likeness (QED) is 0.741. The highest BCUT2D eigenvalue weighted by Gasteiger charge is 2.28. The highest BCUT2D eigenvalue weighted by molar-refractivity contribution is 5.85. The minimum Gasteiger partial charge on any atom is -0.377 e. The summed E-state index contributed by atoms with van der Waals surface area (Å²) in [6.45, 7) is 6.28. The summed E-state index contributed by atoms with van der Waals surface area (Å²) in [7, 11) is 0. The van der Waals surface area contributed by atoms with Crippen LogP contribution in [0.3, 0.4) is 0 Å². The van der Waals surface area contributed by atoms with Gasteiger partial charge in [-0.15, -0.1) is 12.4 Å². The van der Waals surface area contributed by atoms with Crippen LogP contribution in [0.1, 0.15) is 19.8 Å². The molecule has 2 atom stereocenters. The van der Waals surface area contributed by atoms with Crippen LogP contribution in [0, 0.1) is 5.92 Å². The molecule has 2 aliphatic rings. The molecule has 0 spiro atoms. The van der Waals surface area contributed by atoms with E-state index in [1.807, 2.05) is 11.8 Å². The van der Waals surface area contributed by atoms with Gasteiger partial charge in [0.2, 0.25) is 5.91 Å². The molecular weight excluding hydrogens is 228 g/mol. The zero-order valence-corrected chi connectivity index (χ0v) is 10.6.